The maximum Gasteiger partial charge on any atom is 0.356 e. The van der Waals surface area contributed by atoms with Crippen LogP contribution in [-0.4, -0.2) is 30.9 Å². The molecule has 0 saturated heterocycles. The molecule has 1 aromatic rings. The van der Waals surface area contributed by atoms with Gasteiger partial charge in [-0.3, -0.25) is 0 Å². The first-order valence-electron chi connectivity index (χ1n) is 6.74. The molecule has 0 spiro atoms. The molecule has 0 N–H and O–H groups in total. The van der Waals surface area contributed by atoms with E-state index in [9.17, 15) is 9.59 Å². The summed E-state index contributed by atoms with van der Waals surface area (Å²) in [7, 11) is 0. The summed E-state index contributed by atoms with van der Waals surface area (Å²) in [5.41, 5.74) is 1.75. The van der Waals surface area contributed by atoms with Crippen molar-refractivity contribution in [3.8, 4) is 0 Å². The molecule has 0 unspecified atom stereocenters. The molecule has 0 aliphatic carbocycles. The molecule has 5 heteroatoms. The molecular weight excluding hydrogens is 270 g/mol. The number of ether oxygens (including phenoxy) is 2. The lowest BCUT2D eigenvalue weighted by molar-refractivity contribution is -0.137. The first-order valence-corrected chi connectivity index (χ1v) is 6.74. The highest BCUT2D eigenvalue weighted by Gasteiger charge is 2.10. The summed E-state index contributed by atoms with van der Waals surface area (Å²) < 4.78 is 9.68. The zero-order valence-corrected chi connectivity index (χ0v) is 12.5. The summed E-state index contributed by atoms with van der Waals surface area (Å²) in [6.07, 6.45) is 2.46. The Morgan fingerprint density at radius 2 is 1.67 bits per heavy atom. The fourth-order valence-electron chi connectivity index (χ4n) is 1.45. The minimum absolute atomic E-state index is 0.0498. The number of benzene rings is 1. The van der Waals surface area contributed by atoms with Gasteiger partial charge in [0.2, 0.25) is 0 Å². The molecule has 112 valence electrons. The molecule has 0 bridgehead atoms. The van der Waals surface area contributed by atoms with E-state index in [0.29, 0.717) is 5.69 Å². The molecule has 0 heterocycles. The van der Waals surface area contributed by atoms with Gasteiger partial charge >= 0.3 is 11.9 Å². The van der Waals surface area contributed by atoms with Crippen molar-refractivity contribution in [2.75, 3.05) is 13.2 Å². The Kier molecular flexibility index (Phi) is 6.87. The van der Waals surface area contributed by atoms with Gasteiger partial charge in [0.1, 0.15) is 5.71 Å². The van der Waals surface area contributed by atoms with Crippen LogP contribution in [0.1, 0.15) is 19.4 Å². The number of carbonyl (C=O) groups is 2. The van der Waals surface area contributed by atoms with Gasteiger partial charge in [0.05, 0.1) is 18.9 Å². The highest BCUT2D eigenvalue weighted by molar-refractivity contribution is 6.42. The van der Waals surface area contributed by atoms with E-state index in [-0.39, 0.29) is 18.9 Å². The lowest BCUT2D eigenvalue weighted by Gasteiger charge is -2.02. The molecule has 1 aromatic carbocycles. The molecular formula is C16H19NO4. The van der Waals surface area contributed by atoms with Gasteiger partial charge in [-0.15, -0.1) is 0 Å². The maximum atomic E-state index is 11.8. The van der Waals surface area contributed by atoms with Gasteiger partial charge in [-0.25, -0.2) is 14.6 Å². The van der Waals surface area contributed by atoms with E-state index in [0.717, 1.165) is 11.6 Å². The van der Waals surface area contributed by atoms with Crippen molar-refractivity contribution in [2.45, 2.75) is 20.8 Å². The Hall–Kier alpha value is -2.43. The van der Waals surface area contributed by atoms with E-state index in [1.807, 2.05) is 19.1 Å². The van der Waals surface area contributed by atoms with Crippen molar-refractivity contribution in [1.29, 1.82) is 0 Å². The van der Waals surface area contributed by atoms with E-state index in [4.69, 9.17) is 9.47 Å². The predicted molar refractivity (Wildman–Crippen MR) is 80.7 cm³/mol. The topological polar surface area (TPSA) is 65.0 Å². The van der Waals surface area contributed by atoms with Crippen molar-refractivity contribution in [3.63, 3.8) is 0 Å². The zero-order valence-electron chi connectivity index (χ0n) is 12.5. The molecule has 5 nitrogen and oxygen atoms in total. The smallest absolute Gasteiger partial charge is 0.356 e. The number of carbonyl (C=O) groups excluding carboxylic acids is 2. The molecule has 0 aromatic heterocycles. The fraction of sp³-hybridized carbons (Fsp3) is 0.312. The summed E-state index contributed by atoms with van der Waals surface area (Å²) in [6.45, 7) is 5.88. The van der Waals surface area contributed by atoms with Gasteiger partial charge in [0.15, 0.2) is 0 Å². The molecule has 21 heavy (non-hydrogen) atoms. The van der Waals surface area contributed by atoms with Crippen LogP contribution in [0.5, 0.6) is 0 Å². The SMILES string of the molecule is CCOC(=O)/C=C/C(=Nc1ccc(C)cc1)C(=O)OCC. The number of nitrogens with zero attached hydrogens (tertiary/aromatic N) is 1. The molecule has 0 saturated carbocycles. The van der Waals surface area contributed by atoms with Gasteiger partial charge in [-0.1, -0.05) is 17.7 Å². The minimum atomic E-state index is -0.585. The molecule has 0 aliphatic heterocycles. The Labute approximate surface area is 124 Å². The Morgan fingerprint density at radius 1 is 1.05 bits per heavy atom. The third kappa shape index (κ3) is 6.03. The second-order valence-electron chi connectivity index (χ2n) is 4.14. The molecule has 0 aliphatic rings. The van der Waals surface area contributed by atoms with Crippen LogP contribution in [-0.2, 0) is 19.1 Å². The second kappa shape index (κ2) is 8.68. The minimum Gasteiger partial charge on any atom is -0.463 e. The average Bonchev–Trinajstić information content (AvgIpc) is 2.46. The van der Waals surface area contributed by atoms with Gasteiger partial charge in [-0.2, -0.15) is 0 Å². The van der Waals surface area contributed by atoms with E-state index < -0.39 is 11.9 Å². The summed E-state index contributed by atoms with van der Waals surface area (Å²) in [6, 6.07) is 7.34. The first kappa shape index (κ1) is 16.6. The highest BCUT2D eigenvalue weighted by Crippen LogP contribution is 2.13. The van der Waals surface area contributed by atoms with Crippen molar-refractivity contribution in [2.24, 2.45) is 4.99 Å². The zero-order chi connectivity index (χ0) is 15.7. The number of aryl methyl sites for hydroxylation is 1. The van der Waals surface area contributed by atoms with Gasteiger partial charge < -0.3 is 9.47 Å². The van der Waals surface area contributed by atoms with Crippen LogP contribution in [0.3, 0.4) is 0 Å². The Balaban J connectivity index is 2.98. The van der Waals surface area contributed by atoms with Crippen LogP contribution in [0.25, 0.3) is 0 Å². The number of hydrogen-bond acceptors (Lipinski definition) is 5. The lowest BCUT2D eigenvalue weighted by Crippen LogP contribution is -2.15. The number of rotatable bonds is 6. The molecule has 0 radical (unpaired) electrons. The number of esters is 2. The van der Waals surface area contributed by atoms with Crippen LogP contribution < -0.4 is 0 Å². The number of aliphatic imine (C=N–C) groups is 1. The van der Waals surface area contributed by atoms with Crippen molar-refractivity contribution in [1.82, 2.24) is 0 Å². The fourth-order valence-corrected chi connectivity index (χ4v) is 1.45. The average molecular weight is 289 g/mol. The Morgan fingerprint density at radius 3 is 2.24 bits per heavy atom. The standard InChI is InChI=1S/C16H19NO4/c1-4-20-15(18)11-10-14(16(19)21-5-2)17-13-8-6-12(3)7-9-13/h6-11H,4-5H2,1-3H3/b11-10+,17-14?. The first-order chi connectivity index (χ1) is 10.1. The normalized spacial score (nSPS) is 11.5. The number of hydrogen-bond donors (Lipinski definition) is 0. The second-order valence-corrected chi connectivity index (χ2v) is 4.14. The highest BCUT2D eigenvalue weighted by atomic mass is 16.5. The molecule has 0 fully saturated rings. The van der Waals surface area contributed by atoms with Crippen LogP contribution in [0.15, 0.2) is 41.4 Å². The summed E-state index contributed by atoms with van der Waals surface area (Å²) in [5, 5.41) is 0. The van der Waals surface area contributed by atoms with Crippen molar-refractivity contribution < 1.29 is 19.1 Å². The van der Waals surface area contributed by atoms with E-state index >= 15 is 0 Å². The van der Waals surface area contributed by atoms with E-state index in [1.54, 1.807) is 26.0 Å². The summed E-state index contributed by atoms with van der Waals surface area (Å²) >= 11 is 0. The Bertz CT molecular complexity index is 544. The lowest BCUT2D eigenvalue weighted by atomic mass is 10.2. The quantitative estimate of drug-likeness (QED) is 0.459. The van der Waals surface area contributed by atoms with Crippen LogP contribution >= 0.6 is 0 Å². The van der Waals surface area contributed by atoms with Crippen molar-refractivity contribution >= 4 is 23.3 Å². The summed E-state index contributed by atoms with van der Waals surface area (Å²) in [5.74, 6) is -1.11. The molecule has 1 rings (SSSR count). The maximum absolute atomic E-state index is 11.8. The van der Waals surface area contributed by atoms with Crippen LogP contribution in [0, 0.1) is 6.92 Å². The van der Waals surface area contributed by atoms with Gasteiger partial charge in [-0.05, 0) is 39.0 Å². The van der Waals surface area contributed by atoms with Gasteiger partial charge in [0.25, 0.3) is 0 Å². The third-order valence-corrected chi connectivity index (χ3v) is 2.43. The van der Waals surface area contributed by atoms with Crippen LogP contribution in [0.2, 0.25) is 0 Å². The predicted octanol–water partition coefficient (Wildman–Crippen LogP) is 2.75. The monoisotopic (exact) mass is 289 g/mol. The molecule has 0 atom stereocenters. The molecule has 0 amide bonds. The third-order valence-electron chi connectivity index (χ3n) is 2.43. The van der Waals surface area contributed by atoms with E-state index in [1.165, 1.54) is 6.08 Å². The van der Waals surface area contributed by atoms with Crippen LogP contribution in [0.4, 0.5) is 5.69 Å². The summed E-state index contributed by atoms with van der Waals surface area (Å²) in [4.78, 5) is 27.3. The van der Waals surface area contributed by atoms with Gasteiger partial charge in [0, 0.05) is 6.08 Å². The van der Waals surface area contributed by atoms with Crippen molar-refractivity contribution in [3.05, 3.63) is 42.0 Å². The largest absolute Gasteiger partial charge is 0.463 e. The van der Waals surface area contributed by atoms with E-state index in [2.05, 4.69) is 4.99 Å².